The van der Waals surface area contributed by atoms with Crippen molar-refractivity contribution >= 4 is 45.8 Å². The van der Waals surface area contributed by atoms with E-state index < -0.39 is 0 Å². The van der Waals surface area contributed by atoms with Crippen LogP contribution >= 0.6 is 22.6 Å². The van der Waals surface area contributed by atoms with Gasteiger partial charge in [0, 0.05) is 27.9 Å². The highest BCUT2D eigenvalue weighted by Crippen LogP contribution is 2.17. The molecule has 2 amide bonds. The van der Waals surface area contributed by atoms with Gasteiger partial charge in [0.15, 0.2) is 6.61 Å². The van der Waals surface area contributed by atoms with Gasteiger partial charge in [0.1, 0.15) is 5.75 Å². The maximum atomic E-state index is 11.8. The third-order valence-electron chi connectivity index (χ3n) is 2.65. The molecule has 0 spiro atoms. The molecule has 0 aliphatic rings. The monoisotopic (exact) mass is 410 g/mol. The maximum absolute atomic E-state index is 11.8. The third-order valence-corrected chi connectivity index (χ3v) is 3.37. The Balaban J connectivity index is 1.88. The van der Waals surface area contributed by atoms with Crippen LogP contribution in [0.1, 0.15) is 6.92 Å². The Bertz CT molecular complexity index is 671. The predicted octanol–water partition coefficient (Wildman–Crippen LogP) is 3.27. The van der Waals surface area contributed by atoms with Crippen LogP contribution in [0.4, 0.5) is 11.4 Å². The van der Waals surface area contributed by atoms with E-state index in [1.54, 1.807) is 24.3 Å². The van der Waals surface area contributed by atoms with Gasteiger partial charge in [-0.1, -0.05) is 6.07 Å². The van der Waals surface area contributed by atoms with E-state index in [2.05, 4.69) is 33.2 Å². The Morgan fingerprint density at radius 3 is 2.45 bits per heavy atom. The van der Waals surface area contributed by atoms with Gasteiger partial charge in [-0.3, -0.25) is 9.59 Å². The molecule has 2 aromatic rings. The summed E-state index contributed by atoms with van der Waals surface area (Å²) < 4.78 is 6.52. The molecule has 6 heteroatoms. The normalized spacial score (nSPS) is 9.91. The van der Waals surface area contributed by atoms with Crippen molar-refractivity contribution in [3.8, 4) is 5.75 Å². The van der Waals surface area contributed by atoms with Crippen LogP contribution in [-0.4, -0.2) is 18.4 Å². The molecule has 2 N–H and O–H groups in total. The summed E-state index contributed by atoms with van der Waals surface area (Å²) in [5.74, 6) is 0.115. The Hall–Kier alpha value is -2.09. The van der Waals surface area contributed by atoms with Crippen molar-refractivity contribution in [2.24, 2.45) is 0 Å². The maximum Gasteiger partial charge on any atom is 0.262 e. The molecular weight excluding hydrogens is 395 g/mol. The second-order valence-electron chi connectivity index (χ2n) is 4.55. The molecule has 0 heterocycles. The number of benzene rings is 2. The number of halogens is 1. The summed E-state index contributed by atoms with van der Waals surface area (Å²) >= 11 is 2.20. The number of hydrogen-bond acceptors (Lipinski definition) is 3. The van der Waals surface area contributed by atoms with Gasteiger partial charge in [-0.05, 0) is 59.0 Å². The Morgan fingerprint density at radius 1 is 1.05 bits per heavy atom. The lowest BCUT2D eigenvalue weighted by atomic mass is 10.3. The molecule has 0 aliphatic carbocycles. The van der Waals surface area contributed by atoms with Gasteiger partial charge in [-0.25, -0.2) is 0 Å². The minimum absolute atomic E-state index is 0.102. The highest BCUT2D eigenvalue weighted by Gasteiger charge is 2.05. The number of rotatable bonds is 5. The van der Waals surface area contributed by atoms with Gasteiger partial charge >= 0.3 is 0 Å². The fourth-order valence-electron chi connectivity index (χ4n) is 1.75. The molecule has 0 unspecified atom stereocenters. The zero-order valence-corrected chi connectivity index (χ0v) is 14.1. The van der Waals surface area contributed by atoms with Gasteiger partial charge in [0.2, 0.25) is 5.91 Å². The van der Waals surface area contributed by atoms with Gasteiger partial charge in [-0.2, -0.15) is 0 Å². The van der Waals surface area contributed by atoms with E-state index in [4.69, 9.17) is 4.74 Å². The molecule has 0 saturated carbocycles. The number of amides is 2. The van der Waals surface area contributed by atoms with Crippen LogP contribution < -0.4 is 15.4 Å². The molecule has 22 heavy (non-hydrogen) atoms. The Kier molecular flexibility index (Phi) is 5.76. The van der Waals surface area contributed by atoms with Crippen molar-refractivity contribution in [1.82, 2.24) is 0 Å². The van der Waals surface area contributed by atoms with E-state index >= 15 is 0 Å². The molecular formula is C16H15IN2O3. The predicted molar refractivity (Wildman–Crippen MR) is 94.0 cm³/mol. The smallest absolute Gasteiger partial charge is 0.262 e. The van der Waals surface area contributed by atoms with Crippen molar-refractivity contribution in [3.63, 3.8) is 0 Å². The van der Waals surface area contributed by atoms with Crippen LogP contribution in [0.5, 0.6) is 5.75 Å². The fourth-order valence-corrected chi connectivity index (χ4v) is 2.11. The number of nitrogens with one attached hydrogen (secondary N) is 2. The van der Waals surface area contributed by atoms with E-state index in [1.807, 2.05) is 24.3 Å². The van der Waals surface area contributed by atoms with E-state index in [0.29, 0.717) is 11.4 Å². The second-order valence-corrected chi connectivity index (χ2v) is 5.80. The highest BCUT2D eigenvalue weighted by atomic mass is 127. The number of anilines is 2. The first kappa shape index (κ1) is 16.3. The molecule has 2 aromatic carbocycles. The molecule has 2 rings (SSSR count). The van der Waals surface area contributed by atoms with Crippen LogP contribution in [0.15, 0.2) is 48.5 Å². The lowest BCUT2D eigenvalue weighted by Gasteiger charge is -2.09. The standard InChI is InChI=1S/C16H15IN2O3/c1-11(20)18-14-3-2-4-15(9-14)22-10-16(21)19-13-7-5-12(17)6-8-13/h2-9H,10H2,1H3,(H,18,20)(H,19,21). The minimum Gasteiger partial charge on any atom is -0.484 e. The largest absolute Gasteiger partial charge is 0.484 e. The van der Waals surface area contributed by atoms with Crippen molar-refractivity contribution < 1.29 is 14.3 Å². The highest BCUT2D eigenvalue weighted by molar-refractivity contribution is 14.1. The van der Waals surface area contributed by atoms with Crippen molar-refractivity contribution in [2.75, 3.05) is 17.2 Å². The Labute approximate surface area is 142 Å². The van der Waals surface area contributed by atoms with Crippen molar-refractivity contribution in [3.05, 3.63) is 52.1 Å². The van der Waals surface area contributed by atoms with E-state index in [1.165, 1.54) is 6.92 Å². The Morgan fingerprint density at radius 2 is 1.77 bits per heavy atom. The first-order valence-electron chi connectivity index (χ1n) is 6.59. The summed E-state index contributed by atoms with van der Waals surface area (Å²) in [6.07, 6.45) is 0. The third kappa shape index (κ3) is 5.36. The zero-order valence-electron chi connectivity index (χ0n) is 11.9. The molecule has 0 radical (unpaired) electrons. The molecule has 0 fully saturated rings. The molecule has 0 aromatic heterocycles. The number of ether oxygens (including phenoxy) is 1. The summed E-state index contributed by atoms with van der Waals surface area (Å²) in [6, 6.07) is 14.4. The second kappa shape index (κ2) is 7.79. The van der Waals surface area contributed by atoms with E-state index in [0.717, 1.165) is 9.26 Å². The lowest BCUT2D eigenvalue weighted by molar-refractivity contribution is -0.118. The average Bonchev–Trinajstić information content (AvgIpc) is 2.47. The summed E-state index contributed by atoms with van der Waals surface area (Å²) in [4.78, 5) is 22.8. The lowest BCUT2D eigenvalue weighted by Crippen LogP contribution is -2.20. The summed E-state index contributed by atoms with van der Waals surface area (Å²) in [5, 5.41) is 5.41. The number of carbonyl (C=O) groups is 2. The van der Waals surface area contributed by atoms with Gasteiger partial charge < -0.3 is 15.4 Å². The minimum atomic E-state index is -0.244. The van der Waals surface area contributed by atoms with Crippen LogP contribution in [0.2, 0.25) is 0 Å². The van der Waals surface area contributed by atoms with Crippen molar-refractivity contribution in [1.29, 1.82) is 0 Å². The molecule has 0 saturated heterocycles. The first-order chi connectivity index (χ1) is 10.5. The molecule has 0 bridgehead atoms. The van der Waals surface area contributed by atoms with E-state index in [9.17, 15) is 9.59 Å². The molecule has 0 atom stereocenters. The summed E-state index contributed by atoms with van der Waals surface area (Å²) in [7, 11) is 0. The van der Waals surface area contributed by atoms with Gasteiger partial charge in [-0.15, -0.1) is 0 Å². The van der Waals surface area contributed by atoms with Crippen LogP contribution in [0, 0.1) is 3.57 Å². The summed E-state index contributed by atoms with van der Waals surface area (Å²) in [6.45, 7) is 1.33. The zero-order chi connectivity index (χ0) is 15.9. The summed E-state index contributed by atoms with van der Waals surface area (Å²) in [5.41, 5.74) is 1.35. The van der Waals surface area contributed by atoms with Gasteiger partial charge in [0.05, 0.1) is 0 Å². The van der Waals surface area contributed by atoms with Crippen LogP contribution in [0.25, 0.3) is 0 Å². The van der Waals surface area contributed by atoms with Gasteiger partial charge in [0.25, 0.3) is 5.91 Å². The van der Waals surface area contributed by atoms with Crippen LogP contribution in [0.3, 0.4) is 0 Å². The molecule has 5 nitrogen and oxygen atoms in total. The fraction of sp³-hybridized carbons (Fsp3) is 0.125. The molecule has 114 valence electrons. The SMILES string of the molecule is CC(=O)Nc1cccc(OCC(=O)Nc2ccc(I)cc2)c1. The number of hydrogen-bond donors (Lipinski definition) is 2. The number of carbonyl (C=O) groups excluding carboxylic acids is 2. The van der Waals surface area contributed by atoms with Crippen LogP contribution in [-0.2, 0) is 9.59 Å². The van der Waals surface area contributed by atoms with E-state index in [-0.39, 0.29) is 18.4 Å². The quantitative estimate of drug-likeness (QED) is 0.744. The molecule has 0 aliphatic heterocycles. The topological polar surface area (TPSA) is 67.4 Å². The first-order valence-corrected chi connectivity index (χ1v) is 7.67. The van der Waals surface area contributed by atoms with Crippen molar-refractivity contribution in [2.45, 2.75) is 6.92 Å². The average molecular weight is 410 g/mol.